The van der Waals surface area contributed by atoms with E-state index in [1.165, 1.54) is 4.68 Å². The van der Waals surface area contributed by atoms with Crippen molar-refractivity contribution in [1.82, 2.24) is 14.7 Å². The Balaban J connectivity index is 1.41. The summed E-state index contributed by atoms with van der Waals surface area (Å²) in [5, 5.41) is 7.67. The number of aryl methyl sites for hydroxylation is 1. The van der Waals surface area contributed by atoms with E-state index in [1.54, 1.807) is 0 Å². The van der Waals surface area contributed by atoms with E-state index in [0.717, 1.165) is 36.3 Å². The molecule has 31 heavy (non-hydrogen) atoms. The van der Waals surface area contributed by atoms with Gasteiger partial charge in [0.1, 0.15) is 11.9 Å². The third-order valence-electron chi connectivity index (χ3n) is 6.48. The van der Waals surface area contributed by atoms with E-state index >= 15 is 0 Å². The second kappa shape index (κ2) is 8.85. The van der Waals surface area contributed by atoms with Crippen LogP contribution in [0.2, 0.25) is 0 Å². The number of aromatic nitrogens is 2. The number of amides is 1. The van der Waals surface area contributed by atoms with Crippen LogP contribution in [0.5, 0.6) is 0 Å². The van der Waals surface area contributed by atoms with Gasteiger partial charge >= 0.3 is 0 Å². The lowest BCUT2D eigenvalue weighted by atomic mass is 9.85. The first-order valence-corrected chi connectivity index (χ1v) is 11.0. The highest BCUT2D eigenvalue weighted by Crippen LogP contribution is 2.36. The molecule has 2 aromatic rings. The van der Waals surface area contributed by atoms with Crippen LogP contribution in [0, 0.1) is 12.8 Å². The van der Waals surface area contributed by atoms with Gasteiger partial charge in [-0.1, -0.05) is 12.1 Å². The molecule has 0 saturated carbocycles. The molecule has 0 bridgehead atoms. The maximum atomic E-state index is 13.7. The molecule has 0 spiro atoms. The fourth-order valence-electron chi connectivity index (χ4n) is 4.77. The van der Waals surface area contributed by atoms with Crippen molar-refractivity contribution in [2.24, 2.45) is 5.92 Å². The van der Waals surface area contributed by atoms with Gasteiger partial charge in [0.05, 0.1) is 12.1 Å². The van der Waals surface area contributed by atoms with Crippen LogP contribution < -0.4 is 10.2 Å². The number of rotatable bonds is 5. The molecule has 6 nitrogen and oxygen atoms in total. The molecule has 1 amide bonds. The number of benzene rings is 1. The molecule has 8 heteroatoms. The molecular weight excluding hydrogens is 400 g/mol. The number of fused-ring (bicyclic) bond motifs is 1. The van der Waals surface area contributed by atoms with Crippen LogP contribution in [0.25, 0.3) is 0 Å². The topological polar surface area (TPSA) is 53.4 Å². The smallest absolute Gasteiger partial charge is 0.260 e. The lowest BCUT2D eigenvalue weighted by Crippen LogP contribution is -2.48. The first kappa shape index (κ1) is 21.6. The number of anilines is 2. The molecular formula is C23H31F2N5O. The van der Waals surface area contributed by atoms with Crippen LogP contribution in [-0.2, 0) is 11.2 Å². The highest BCUT2D eigenvalue weighted by atomic mass is 19.3. The quantitative estimate of drug-likeness (QED) is 0.784. The second-order valence-corrected chi connectivity index (χ2v) is 8.98. The minimum atomic E-state index is -2.46. The van der Waals surface area contributed by atoms with Gasteiger partial charge < -0.3 is 15.1 Å². The zero-order valence-corrected chi connectivity index (χ0v) is 18.4. The fourth-order valence-corrected chi connectivity index (χ4v) is 4.77. The van der Waals surface area contributed by atoms with Crippen molar-refractivity contribution in [3.05, 3.63) is 41.6 Å². The van der Waals surface area contributed by atoms with E-state index in [0.29, 0.717) is 25.2 Å². The van der Waals surface area contributed by atoms with E-state index in [1.807, 2.05) is 61.2 Å². The van der Waals surface area contributed by atoms with Gasteiger partial charge in [0.15, 0.2) is 0 Å². The van der Waals surface area contributed by atoms with Gasteiger partial charge in [0, 0.05) is 45.0 Å². The molecule has 3 heterocycles. The van der Waals surface area contributed by atoms with Crippen molar-refractivity contribution in [3.63, 3.8) is 0 Å². The average molecular weight is 432 g/mol. The van der Waals surface area contributed by atoms with Gasteiger partial charge in [0.2, 0.25) is 5.91 Å². The first-order valence-electron chi connectivity index (χ1n) is 11.0. The van der Waals surface area contributed by atoms with Gasteiger partial charge in [-0.15, -0.1) is 0 Å². The van der Waals surface area contributed by atoms with Crippen LogP contribution in [-0.4, -0.2) is 60.2 Å². The Kier molecular flexibility index (Phi) is 6.16. The SMILES string of the molecule is Cc1cc2n(n1)[C@@H](C(F)F)C[C@@H]([C@H]1CCCN(C(=O)Cc3ccc(N(C)C)cc3)C1)N2. The summed E-state index contributed by atoms with van der Waals surface area (Å²) in [7, 11) is 3.97. The molecule has 0 aliphatic carbocycles. The standard InChI is InChI=1S/C23H31F2N5O/c1-15-11-21-26-19(13-20(23(24)25)30(21)27-15)17-5-4-10-29(14-17)22(31)12-16-6-8-18(9-7-16)28(2)3/h6-9,11,17,19-20,23,26H,4-5,10,12-14H2,1-3H3/t17-,19-,20+/m0/s1. The molecule has 1 aromatic carbocycles. The summed E-state index contributed by atoms with van der Waals surface area (Å²) in [5.74, 6) is 0.909. The Hall–Kier alpha value is -2.64. The van der Waals surface area contributed by atoms with Crippen LogP contribution in [0.4, 0.5) is 20.3 Å². The van der Waals surface area contributed by atoms with Crippen molar-refractivity contribution < 1.29 is 13.6 Å². The van der Waals surface area contributed by atoms with Crippen LogP contribution in [0.3, 0.4) is 0 Å². The van der Waals surface area contributed by atoms with Crippen molar-refractivity contribution in [3.8, 4) is 0 Å². The lowest BCUT2D eigenvalue weighted by Gasteiger charge is -2.41. The number of alkyl halides is 2. The third kappa shape index (κ3) is 4.67. The Morgan fingerprint density at radius 1 is 1.29 bits per heavy atom. The third-order valence-corrected chi connectivity index (χ3v) is 6.48. The van der Waals surface area contributed by atoms with Crippen LogP contribution in [0.1, 0.15) is 36.6 Å². The zero-order chi connectivity index (χ0) is 22.1. The normalized spacial score (nSPS) is 23.4. The second-order valence-electron chi connectivity index (χ2n) is 8.98. The predicted molar refractivity (Wildman–Crippen MR) is 118 cm³/mol. The number of piperidine rings is 1. The Labute approximate surface area is 182 Å². The maximum absolute atomic E-state index is 13.7. The van der Waals surface area contributed by atoms with E-state index in [2.05, 4.69) is 10.4 Å². The van der Waals surface area contributed by atoms with Gasteiger partial charge in [-0.05, 0) is 49.8 Å². The number of hydrogen-bond acceptors (Lipinski definition) is 4. The van der Waals surface area contributed by atoms with Crippen molar-refractivity contribution in [2.45, 2.75) is 51.1 Å². The molecule has 1 fully saturated rings. The number of nitrogens with one attached hydrogen (secondary N) is 1. The van der Waals surface area contributed by atoms with Gasteiger partial charge in [0.25, 0.3) is 6.43 Å². The first-order chi connectivity index (χ1) is 14.8. The molecule has 2 aliphatic rings. The van der Waals surface area contributed by atoms with E-state index < -0.39 is 12.5 Å². The molecule has 0 unspecified atom stereocenters. The highest BCUT2D eigenvalue weighted by molar-refractivity contribution is 5.79. The Morgan fingerprint density at radius 2 is 2.03 bits per heavy atom. The minimum absolute atomic E-state index is 0.0856. The summed E-state index contributed by atoms with van der Waals surface area (Å²) < 4.78 is 28.9. The monoisotopic (exact) mass is 431 g/mol. The molecule has 0 radical (unpaired) electrons. The zero-order valence-electron chi connectivity index (χ0n) is 18.4. The minimum Gasteiger partial charge on any atom is -0.378 e. The number of nitrogens with zero attached hydrogens (tertiary/aromatic N) is 4. The number of carbonyl (C=O) groups is 1. The molecule has 2 aliphatic heterocycles. The van der Waals surface area contributed by atoms with E-state index in [-0.39, 0.29) is 17.9 Å². The fraction of sp³-hybridized carbons (Fsp3) is 0.565. The van der Waals surface area contributed by atoms with Gasteiger partial charge in [-0.3, -0.25) is 4.79 Å². The van der Waals surface area contributed by atoms with Crippen LogP contribution >= 0.6 is 0 Å². The Morgan fingerprint density at radius 3 is 2.71 bits per heavy atom. The summed E-state index contributed by atoms with van der Waals surface area (Å²) >= 11 is 0. The number of halogens is 2. The molecule has 1 aromatic heterocycles. The van der Waals surface area contributed by atoms with Gasteiger partial charge in [-0.2, -0.15) is 5.10 Å². The summed E-state index contributed by atoms with van der Waals surface area (Å²) in [6.45, 7) is 3.15. The number of hydrogen-bond donors (Lipinski definition) is 1. The average Bonchev–Trinajstić information content (AvgIpc) is 3.13. The Bertz CT molecular complexity index is 911. The number of likely N-dealkylation sites (tertiary alicyclic amines) is 1. The molecule has 4 rings (SSSR count). The molecule has 1 saturated heterocycles. The largest absolute Gasteiger partial charge is 0.378 e. The van der Waals surface area contributed by atoms with Crippen molar-refractivity contribution in [2.75, 3.05) is 37.4 Å². The van der Waals surface area contributed by atoms with E-state index in [4.69, 9.17) is 0 Å². The number of carbonyl (C=O) groups excluding carboxylic acids is 1. The predicted octanol–water partition coefficient (Wildman–Crippen LogP) is 3.73. The summed E-state index contributed by atoms with van der Waals surface area (Å²) in [4.78, 5) is 16.9. The van der Waals surface area contributed by atoms with Crippen LogP contribution in [0.15, 0.2) is 30.3 Å². The molecule has 1 N–H and O–H groups in total. The maximum Gasteiger partial charge on any atom is 0.260 e. The summed E-state index contributed by atoms with van der Waals surface area (Å²) in [5.41, 5.74) is 2.82. The summed E-state index contributed by atoms with van der Waals surface area (Å²) in [6.07, 6.45) is 0.0526. The van der Waals surface area contributed by atoms with Crippen molar-refractivity contribution in [1.29, 1.82) is 0 Å². The molecule has 3 atom stereocenters. The summed E-state index contributed by atoms with van der Waals surface area (Å²) in [6, 6.07) is 8.84. The van der Waals surface area contributed by atoms with E-state index in [9.17, 15) is 13.6 Å². The van der Waals surface area contributed by atoms with Gasteiger partial charge in [-0.25, -0.2) is 13.5 Å². The molecule has 168 valence electrons. The highest BCUT2D eigenvalue weighted by Gasteiger charge is 2.38. The van der Waals surface area contributed by atoms with Crippen molar-refractivity contribution >= 4 is 17.4 Å². The lowest BCUT2D eigenvalue weighted by molar-refractivity contribution is -0.132.